The molecule has 3 heteroatoms. The summed E-state index contributed by atoms with van der Waals surface area (Å²) in [5, 5.41) is 2.37. The van der Waals surface area contributed by atoms with Crippen LogP contribution < -0.4 is 17.7 Å². The highest BCUT2D eigenvalue weighted by atomic mass is 35.5. The summed E-state index contributed by atoms with van der Waals surface area (Å²) in [7, 11) is 0. The highest BCUT2D eigenvalue weighted by Crippen LogP contribution is 2.18. The maximum absolute atomic E-state index is 5.78. The lowest BCUT2D eigenvalue weighted by molar-refractivity contribution is -0.685. The summed E-state index contributed by atoms with van der Waals surface area (Å²) < 4.78 is 5.78. The lowest BCUT2D eigenvalue weighted by Gasteiger charge is -2.31. The first kappa shape index (κ1) is 13.2. The molecule has 1 fully saturated rings. The van der Waals surface area contributed by atoms with Crippen molar-refractivity contribution in [3.05, 3.63) is 0 Å². The molecule has 0 bridgehead atoms. The Bertz CT molecular complexity index is 124. The van der Waals surface area contributed by atoms with E-state index in [0.717, 1.165) is 19.7 Å². The van der Waals surface area contributed by atoms with Crippen molar-refractivity contribution in [2.75, 3.05) is 19.7 Å². The van der Waals surface area contributed by atoms with Gasteiger partial charge < -0.3 is 22.5 Å². The van der Waals surface area contributed by atoms with Crippen LogP contribution in [0.1, 0.15) is 39.5 Å². The summed E-state index contributed by atoms with van der Waals surface area (Å²) in [5.74, 6) is 0. The molecule has 1 saturated heterocycles. The molecule has 0 spiro atoms. The first-order valence-electron chi connectivity index (χ1n) is 5.22. The van der Waals surface area contributed by atoms with E-state index in [2.05, 4.69) is 19.2 Å². The number of hydrogen-bond donors (Lipinski definition) is 1. The monoisotopic (exact) mass is 207 g/mol. The molecule has 2 N–H and O–H groups in total. The zero-order valence-corrected chi connectivity index (χ0v) is 9.57. The fourth-order valence-electron chi connectivity index (χ4n) is 1.78. The molecule has 0 saturated carbocycles. The Labute approximate surface area is 87.8 Å². The van der Waals surface area contributed by atoms with Crippen LogP contribution in [0.15, 0.2) is 0 Å². The topological polar surface area (TPSA) is 25.8 Å². The van der Waals surface area contributed by atoms with Crippen LogP contribution in [0.5, 0.6) is 0 Å². The predicted octanol–water partition coefficient (Wildman–Crippen LogP) is -2.08. The SMILES string of the molecule is CCCCCC1(C)C[NH2+]CCO1.[Cl-]. The van der Waals surface area contributed by atoms with Gasteiger partial charge in [-0.05, 0) is 13.3 Å². The molecular formula is C10H22ClNO. The summed E-state index contributed by atoms with van der Waals surface area (Å²) in [5.41, 5.74) is 0.174. The van der Waals surface area contributed by atoms with E-state index in [4.69, 9.17) is 4.74 Å². The lowest BCUT2D eigenvalue weighted by atomic mass is 9.97. The van der Waals surface area contributed by atoms with Crippen molar-refractivity contribution in [1.82, 2.24) is 0 Å². The molecule has 0 aromatic rings. The normalized spacial score (nSPS) is 28.2. The first-order chi connectivity index (χ1) is 5.77. The Morgan fingerprint density at radius 2 is 2.15 bits per heavy atom. The van der Waals surface area contributed by atoms with Crippen molar-refractivity contribution in [2.45, 2.75) is 45.1 Å². The summed E-state index contributed by atoms with van der Waals surface area (Å²) in [4.78, 5) is 0. The van der Waals surface area contributed by atoms with Crippen LogP contribution in [0.25, 0.3) is 0 Å². The third kappa shape index (κ3) is 4.84. The standard InChI is InChI=1S/C10H21NO.ClH/c1-3-4-5-6-10(2)9-11-7-8-12-10;/h11H,3-9H2,1-2H3;1H. The smallest absolute Gasteiger partial charge is 0.114 e. The molecule has 1 rings (SSSR count). The van der Waals surface area contributed by atoms with E-state index in [-0.39, 0.29) is 18.0 Å². The third-order valence-electron chi connectivity index (χ3n) is 2.66. The van der Waals surface area contributed by atoms with Gasteiger partial charge >= 0.3 is 0 Å². The van der Waals surface area contributed by atoms with Crippen LogP contribution in [0.3, 0.4) is 0 Å². The first-order valence-corrected chi connectivity index (χ1v) is 5.22. The number of ether oxygens (including phenoxy) is 1. The molecule has 1 heterocycles. The summed E-state index contributed by atoms with van der Waals surface area (Å²) >= 11 is 0. The molecule has 1 aliphatic heterocycles. The number of hydrogen-bond acceptors (Lipinski definition) is 1. The van der Waals surface area contributed by atoms with Gasteiger partial charge in [-0.15, -0.1) is 0 Å². The quantitative estimate of drug-likeness (QED) is 0.527. The van der Waals surface area contributed by atoms with Gasteiger partial charge in [0.15, 0.2) is 0 Å². The number of morpholine rings is 1. The summed E-state index contributed by atoms with van der Waals surface area (Å²) in [6.07, 6.45) is 5.21. The van der Waals surface area contributed by atoms with Gasteiger partial charge in [0, 0.05) is 0 Å². The van der Waals surface area contributed by atoms with E-state index in [9.17, 15) is 0 Å². The van der Waals surface area contributed by atoms with E-state index >= 15 is 0 Å². The van der Waals surface area contributed by atoms with Crippen LogP contribution in [0.2, 0.25) is 0 Å². The van der Waals surface area contributed by atoms with Crippen LogP contribution in [-0.2, 0) is 4.74 Å². The van der Waals surface area contributed by atoms with Gasteiger partial charge in [0.25, 0.3) is 0 Å². The van der Waals surface area contributed by atoms with Gasteiger partial charge in [0.1, 0.15) is 12.1 Å². The molecule has 0 aromatic carbocycles. The maximum atomic E-state index is 5.78. The van der Waals surface area contributed by atoms with Crippen LogP contribution in [0, 0.1) is 0 Å². The fraction of sp³-hybridized carbons (Fsp3) is 1.00. The molecule has 1 unspecified atom stereocenters. The maximum Gasteiger partial charge on any atom is 0.114 e. The van der Waals surface area contributed by atoms with Crippen molar-refractivity contribution in [2.24, 2.45) is 0 Å². The largest absolute Gasteiger partial charge is 1.00 e. The van der Waals surface area contributed by atoms with E-state index < -0.39 is 0 Å². The van der Waals surface area contributed by atoms with E-state index in [1.165, 1.54) is 25.7 Å². The number of rotatable bonds is 4. The minimum absolute atomic E-state index is 0. The molecule has 0 aromatic heterocycles. The summed E-state index contributed by atoms with van der Waals surface area (Å²) in [6, 6.07) is 0. The van der Waals surface area contributed by atoms with E-state index in [1.54, 1.807) is 0 Å². The van der Waals surface area contributed by atoms with Crippen molar-refractivity contribution in [3.8, 4) is 0 Å². The predicted molar refractivity (Wildman–Crippen MR) is 50.2 cm³/mol. The van der Waals surface area contributed by atoms with Gasteiger partial charge in [0.2, 0.25) is 0 Å². The van der Waals surface area contributed by atoms with Gasteiger partial charge in [0.05, 0.1) is 13.2 Å². The molecule has 0 aliphatic carbocycles. The van der Waals surface area contributed by atoms with Gasteiger partial charge in [-0.3, -0.25) is 0 Å². The van der Waals surface area contributed by atoms with E-state index in [1.807, 2.05) is 0 Å². The molecule has 2 nitrogen and oxygen atoms in total. The summed E-state index contributed by atoms with van der Waals surface area (Å²) in [6.45, 7) is 7.72. The highest BCUT2D eigenvalue weighted by Gasteiger charge is 2.29. The highest BCUT2D eigenvalue weighted by molar-refractivity contribution is 4.74. The number of quaternary nitrogens is 1. The molecule has 1 aliphatic rings. The Morgan fingerprint density at radius 3 is 2.69 bits per heavy atom. The van der Waals surface area contributed by atoms with E-state index in [0.29, 0.717) is 0 Å². The molecule has 13 heavy (non-hydrogen) atoms. The number of unbranched alkanes of at least 4 members (excludes halogenated alkanes) is 2. The van der Waals surface area contributed by atoms with Crippen molar-refractivity contribution in [3.63, 3.8) is 0 Å². The second-order valence-corrected chi connectivity index (χ2v) is 4.04. The Morgan fingerprint density at radius 1 is 1.38 bits per heavy atom. The fourth-order valence-corrected chi connectivity index (χ4v) is 1.78. The van der Waals surface area contributed by atoms with Crippen molar-refractivity contribution < 1.29 is 22.5 Å². The Balaban J connectivity index is 0.00000144. The van der Waals surface area contributed by atoms with Crippen molar-refractivity contribution in [1.29, 1.82) is 0 Å². The van der Waals surface area contributed by atoms with Gasteiger partial charge in [-0.1, -0.05) is 26.2 Å². The van der Waals surface area contributed by atoms with Crippen molar-refractivity contribution >= 4 is 0 Å². The molecule has 1 atom stereocenters. The minimum atomic E-state index is 0. The molecule has 0 amide bonds. The van der Waals surface area contributed by atoms with Crippen LogP contribution in [0.4, 0.5) is 0 Å². The van der Waals surface area contributed by atoms with Crippen LogP contribution >= 0.6 is 0 Å². The second kappa shape index (κ2) is 6.63. The Kier molecular flexibility index (Phi) is 6.74. The number of nitrogens with two attached hydrogens (primary N) is 1. The van der Waals surface area contributed by atoms with Gasteiger partial charge in [-0.25, -0.2) is 0 Å². The second-order valence-electron chi connectivity index (χ2n) is 4.04. The molecule has 0 radical (unpaired) electrons. The average molecular weight is 208 g/mol. The lowest BCUT2D eigenvalue weighted by Crippen LogP contribution is -3.00. The zero-order valence-electron chi connectivity index (χ0n) is 8.81. The third-order valence-corrected chi connectivity index (χ3v) is 2.66. The van der Waals surface area contributed by atoms with Crippen LogP contribution in [-0.4, -0.2) is 25.3 Å². The number of halogens is 1. The Hall–Kier alpha value is 0.210. The zero-order chi connectivity index (χ0) is 8.86. The average Bonchev–Trinajstić information content (AvgIpc) is 2.06. The van der Waals surface area contributed by atoms with Gasteiger partial charge in [-0.2, -0.15) is 0 Å². The minimum Gasteiger partial charge on any atom is -1.00 e. The molecular weight excluding hydrogens is 186 g/mol. The molecule has 80 valence electrons.